The van der Waals surface area contributed by atoms with E-state index in [1.54, 1.807) is 7.11 Å². The van der Waals surface area contributed by atoms with Crippen molar-refractivity contribution in [2.24, 2.45) is 5.73 Å². The molecule has 4 heteroatoms. The minimum atomic E-state index is 0.0233. The van der Waals surface area contributed by atoms with Crippen molar-refractivity contribution in [1.82, 2.24) is 0 Å². The molecule has 0 saturated carbocycles. The van der Waals surface area contributed by atoms with Crippen molar-refractivity contribution in [1.29, 1.82) is 0 Å². The Morgan fingerprint density at radius 3 is 2.69 bits per heavy atom. The van der Waals surface area contributed by atoms with Crippen molar-refractivity contribution >= 4 is 15.9 Å². The van der Waals surface area contributed by atoms with Crippen molar-refractivity contribution < 1.29 is 9.47 Å². The van der Waals surface area contributed by atoms with Gasteiger partial charge in [0.1, 0.15) is 11.9 Å². The van der Waals surface area contributed by atoms with Crippen molar-refractivity contribution in [3.05, 3.63) is 27.7 Å². The highest BCUT2D eigenvalue weighted by atomic mass is 79.9. The zero-order valence-corrected chi connectivity index (χ0v) is 11.5. The molecule has 0 fully saturated rings. The van der Waals surface area contributed by atoms with Crippen molar-refractivity contribution in [3.63, 3.8) is 0 Å². The Kier molecular flexibility index (Phi) is 5.25. The van der Waals surface area contributed by atoms with Gasteiger partial charge in [-0.25, -0.2) is 0 Å². The van der Waals surface area contributed by atoms with E-state index in [2.05, 4.69) is 15.9 Å². The topological polar surface area (TPSA) is 44.5 Å². The van der Waals surface area contributed by atoms with E-state index in [1.165, 1.54) is 0 Å². The summed E-state index contributed by atoms with van der Waals surface area (Å²) in [5.41, 5.74) is 7.80. The molecule has 1 unspecified atom stereocenters. The summed E-state index contributed by atoms with van der Waals surface area (Å²) < 4.78 is 11.9. The minimum Gasteiger partial charge on any atom is -0.488 e. The second kappa shape index (κ2) is 6.23. The Morgan fingerprint density at radius 1 is 1.44 bits per heavy atom. The highest BCUT2D eigenvalue weighted by molar-refractivity contribution is 9.10. The Hall–Kier alpha value is -0.580. The van der Waals surface area contributed by atoms with Gasteiger partial charge in [-0.3, -0.25) is 0 Å². The average molecular weight is 288 g/mol. The molecule has 1 rings (SSSR count). The second-order valence-corrected chi connectivity index (χ2v) is 4.71. The highest BCUT2D eigenvalue weighted by Crippen LogP contribution is 2.28. The number of ether oxygens (including phenoxy) is 2. The van der Waals surface area contributed by atoms with Crippen LogP contribution >= 0.6 is 15.9 Å². The van der Waals surface area contributed by atoms with Gasteiger partial charge in [-0.15, -0.1) is 0 Å². The van der Waals surface area contributed by atoms with E-state index >= 15 is 0 Å². The van der Waals surface area contributed by atoms with Crippen LogP contribution in [-0.4, -0.2) is 19.8 Å². The smallest absolute Gasteiger partial charge is 0.127 e. The molecule has 1 aromatic carbocycles. The van der Waals surface area contributed by atoms with E-state index in [1.807, 2.05) is 26.0 Å². The summed E-state index contributed by atoms with van der Waals surface area (Å²) in [5.74, 6) is 0.871. The van der Waals surface area contributed by atoms with Crippen LogP contribution in [0.4, 0.5) is 0 Å². The van der Waals surface area contributed by atoms with Crippen LogP contribution in [0.15, 0.2) is 16.6 Å². The summed E-state index contributed by atoms with van der Waals surface area (Å²) >= 11 is 3.45. The van der Waals surface area contributed by atoms with Gasteiger partial charge in [0.2, 0.25) is 0 Å². The zero-order chi connectivity index (χ0) is 12.1. The lowest BCUT2D eigenvalue weighted by Gasteiger charge is -2.18. The summed E-state index contributed by atoms with van der Waals surface area (Å²) in [5, 5.41) is 0. The first-order valence-corrected chi connectivity index (χ1v) is 6.02. The lowest BCUT2D eigenvalue weighted by molar-refractivity contribution is 0.0909. The largest absolute Gasteiger partial charge is 0.488 e. The molecular weight excluding hydrogens is 270 g/mol. The standard InChI is InChI=1S/C12H18BrNO2/c1-8-4-11(13)5-10(6-14)12(8)16-9(2)7-15-3/h4-5,9H,6-7,14H2,1-3H3. The first-order chi connectivity index (χ1) is 7.58. The fourth-order valence-electron chi connectivity index (χ4n) is 1.59. The first kappa shape index (κ1) is 13.5. The van der Waals surface area contributed by atoms with Crippen molar-refractivity contribution in [3.8, 4) is 5.75 Å². The van der Waals surface area contributed by atoms with Crippen molar-refractivity contribution in [2.75, 3.05) is 13.7 Å². The van der Waals surface area contributed by atoms with Crippen molar-refractivity contribution in [2.45, 2.75) is 26.5 Å². The van der Waals surface area contributed by atoms with Crippen LogP contribution in [0.5, 0.6) is 5.75 Å². The SMILES string of the molecule is COCC(C)Oc1c(C)cc(Br)cc1CN. The minimum absolute atomic E-state index is 0.0233. The van der Waals surface area contributed by atoms with Gasteiger partial charge in [-0.05, 0) is 31.5 Å². The third-order valence-corrected chi connectivity index (χ3v) is 2.71. The van der Waals surface area contributed by atoms with Crippen LogP contribution in [-0.2, 0) is 11.3 Å². The Balaban J connectivity index is 2.93. The molecule has 0 radical (unpaired) electrons. The molecule has 0 amide bonds. The molecule has 0 aliphatic heterocycles. The van der Waals surface area contributed by atoms with Gasteiger partial charge in [0.25, 0.3) is 0 Å². The van der Waals surface area contributed by atoms with Gasteiger partial charge >= 0.3 is 0 Å². The zero-order valence-electron chi connectivity index (χ0n) is 9.92. The maximum absolute atomic E-state index is 5.84. The van der Waals surface area contributed by atoms with Crippen LogP contribution in [0.25, 0.3) is 0 Å². The second-order valence-electron chi connectivity index (χ2n) is 3.80. The van der Waals surface area contributed by atoms with Crippen LogP contribution in [0.1, 0.15) is 18.1 Å². The number of hydrogen-bond donors (Lipinski definition) is 1. The first-order valence-electron chi connectivity index (χ1n) is 5.23. The summed E-state index contributed by atoms with van der Waals surface area (Å²) in [7, 11) is 1.66. The fraction of sp³-hybridized carbons (Fsp3) is 0.500. The quantitative estimate of drug-likeness (QED) is 0.906. The van der Waals surface area contributed by atoms with E-state index in [-0.39, 0.29) is 6.10 Å². The van der Waals surface area contributed by atoms with E-state index in [0.717, 1.165) is 21.3 Å². The number of nitrogens with two attached hydrogens (primary N) is 1. The van der Waals surface area contributed by atoms with Gasteiger partial charge in [0.05, 0.1) is 6.61 Å². The maximum Gasteiger partial charge on any atom is 0.127 e. The normalized spacial score (nSPS) is 12.6. The molecular formula is C12H18BrNO2. The molecule has 1 atom stereocenters. The number of rotatable bonds is 5. The highest BCUT2D eigenvalue weighted by Gasteiger charge is 2.11. The summed E-state index contributed by atoms with van der Waals surface area (Å²) in [6.45, 7) is 5.03. The molecule has 90 valence electrons. The van der Waals surface area contributed by atoms with Crippen LogP contribution in [0, 0.1) is 6.92 Å². The lowest BCUT2D eigenvalue weighted by Crippen LogP contribution is -2.19. The molecule has 0 aromatic heterocycles. The number of aryl methyl sites for hydroxylation is 1. The summed E-state index contributed by atoms with van der Waals surface area (Å²) in [6.07, 6.45) is 0.0233. The molecule has 0 bridgehead atoms. The summed E-state index contributed by atoms with van der Waals surface area (Å²) in [6, 6.07) is 4.01. The molecule has 0 saturated heterocycles. The molecule has 0 aliphatic rings. The van der Waals surface area contributed by atoms with Crippen LogP contribution in [0.3, 0.4) is 0 Å². The van der Waals surface area contributed by atoms with Gasteiger partial charge in [0, 0.05) is 23.7 Å². The van der Waals surface area contributed by atoms with Gasteiger partial charge in [0.15, 0.2) is 0 Å². The predicted molar refractivity (Wildman–Crippen MR) is 68.7 cm³/mol. The average Bonchev–Trinajstić information content (AvgIpc) is 2.22. The third kappa shape index (κ3) is 3.47. The molecule has 16 heavy (non-hydrogen) atoms. The lowest BCUT2D eigenvalue weighted by atomic mass is 10.1. The van der Waals surface area contributed by atoms with Crippen LogP contribution in [0.2, 0.25) is 0 Å². The van der Waals surface area contributed by atoms with E-state index in [0.29, 0.717) is 13.2 Å². The van der Waals surface area contributed by atoms with E-state index in [9.17, 15) is 0 Å². The Morgan fingerprint density at radius 2 is 2.12 bits per heavy atom. The Labute approximate surface area is 105 Å². The molecule has 0 aliphatic carbocycles. The molecule has 3 nitrogen and oxygen atoms in total. The number of benzene rings is 1. The van der Waals surface area contributed by atoms with E-state index < -0.39 is 0 Å². The monoisotopic (exact) mass is 287 g/mol. The number of methoxy groups -OCH3 is 1. The van der Waals surface area contributed by atoms with E-state index in [4.69, 9.17) is 15.2 Å². The molecule has 0 spiro atoms. The molecule has 0 heterocycles. The van der Waals surface area contributed by atoms with Gasteiger partial charge in [-0.1, -0.05) is 15.9 Å². The van der Waals surface area contributed by atoms with Gasteiger partial charge in [-0.2, -0.15) is 0 Å². The van der Waals surface area contributed by atoms with Crippen LogP contribution < -0.4 is 10.5 Å². The third-order valence-electron chi connectivity index (χ3n) is 2.26. The number of hydrogen-bond acceptors (Lipinski definition) is 3. The van der Waals surface area contributed by atoms with Gasteiger partial charge < -0.3 is 15.2 Å². The Bertz CT molecular complexity index is 355. The summed E-state index contributed by atoms with van der Waals surface area (Å²) in [4.78, 5) is 0. The molecule has 2 N–H and O–H groups in total. The predicted octanol–water partition coefficient (Wildman–Crippen LogP) is 2.63. The number of halogens is 1. The maximum atomic E-state index is 5.84. The molecule has 1 aromatic rings. The fourth-order valence-corrected chi connectivity index (χ4v) is 2.21.